The maximum Gasteiger partial charge on any atom is 0.257 e. The van der Waals surface area contributed by atoms with Gasteiger partial charge >= 0.3 is 0 Å². The molecule has 7 nitrogen and oxygen atoms in total. The summed E-state index contributed by atoms with van der Waals surface area (Å²) in [7, 11) is 1.69. The summed E-state index contributed by atoms with van der Waals surface area (Å²) in [5.41, 5.74) is 2.17. The molecule has 142 valence electrons. The van der Waals surface area contributed by atoms with Crippen molar-refractivity contribution >= 4 is 5.91 Å². The summed E-state index contributed by atoms with van der Waals surface area (Å²) in [4.78, 5) is 20.0. The van der Waals surface area contributed by atoms with Crippen LogP contribution in [0.25, 0.3) is 0 Å². The minimum absolute atomic E-state index is 0.00717. The second-order valence-corrected chi connectivity index (χ2v) is 7.65. The quantitative estimate of drug-likeness (QED) is 0.896. The highest BCUT2D eigenvalue weighted by Gasteiger charge is 2.42. The molecule has 1 aliphatic carbocycles. The molecule has 1 aromatic carbocycles. The van der Waals surface area contributed by atoms with Crippen molar-refractivity contribution in [1.82, 2.24) is 20.1 Å². The molecule has 3 heterocycles. The van der Waals surface area contributed by atoms with Gasteiger partial charge in [0.25, 0.3) is 5.91 Å². The first kappa shape index (κ1) is 16.9. The zero-order valence-corrected chi connectivity index (χ0v) is 15.4. The Hall–Kier alpha value is -2.25. The molecule has 5 rings (SSSR count). The topological polar surface area (TPSA) is 80.3 Å². The number of methoxy groups -OCH3 is 1. The van der Waals surface area contributed by atoms with E-state index < -0.39 is 6.10 Å². The number of benzene rings is 1. The van der Waals surface area contributed by atoms with Crippen LogP contribution in [-0.2, 0) is 20.7 Å². The molecule has 0 bridgehead atoms. The fourth-order valence-corrected chi connectivity index (χ4v) is 4.18. The minimum Gasteiger partial charge on any atom is -0.380 e. The highest BCUT2D eigenvalue weighted by atomic mass is 16.5. The summed E-state index contributed by atoms with van der Waals surface area (Å²) in [5.74, 6) is 2.09. The molecule has 1 unspecified atom stereocenters. The third-order valence-corrected chi connectivity index (χ3v) is 5.88. The Morgan fingerprint density at radius 3 is 3.00 bits per heavy atom. The molecule has 2 aromatic rings. The van der Waals surface area contributed by atoms with Crippen LogP contribution in [0.15, 0.2) is 24.3 Å². The number of ether oxygens (including phenoxy) is 2. The number of fused-ring (bicyclic) bond motifs is 1. The third-order valence-electron chi connectivity index (χ3n) is 5.88. The summed E-state index contributed by atoms with van der Waals surface area (Å²) in [6.07, 6.45) is 3.30. The average Bonchev–Trinajstić information content (AvgIpc) is 3.28. The smallest absolute Gasteiger partial charge is 0.257 e. The van der Waals surface area contributed by atoms with E-state index in [-0.39, 0.29) is 18.1 Å². The van der Waals surface area contributed by atoms with Gasteiger partial charge in [-0.25, -0.2) is 4.98 Å². The van der Waals surface area contributed by atoms with Crippen molar-refractivity contribution in [3.05, 3.63) is 47.0 Å². The number of aromatic nitrogens is 3. The number of nitrogens with one attached hydrogen (secondary N) is 1. The van der Waals surface area contributed by atoms with E-state index in [1.165, 1.54) is 5.56 Å². The lowest BCUT2D eigenvalue weighted by Gasteiger charge is -2.31. The highest BCUT2D eigenvalue weighted by Crippen LogP contribution is 2.40. The maximum absolute atomic E-state index is 13.4. The van der Waals surface area contributed by atoms with Crippen molar-refractivity contribution in [1.29, 1.82) is 0 Å². The van der Waals surface area contributed by atoms with E-state index in [1.807, 2.05) is 23.1 Å². The van der Waals surface area contributed by atoms with Crippen LogP contribution in [0.1, 0.15) is 60.1 Å². The monoisotopic (exact) mass is 368 g/mol. The van der Waals surface area contributed by atoms with Crippen molar-refractivity contribution in [3.63, 3.8) is 0 Å². The van der Waals surface area contributed by atoms with E-state index in [0.717, 1.165) is 42.9 Å². The van der Waals surface area contributed by atoms with E-state index >= 15 is 0 Å². The summed E-state index contributed by atoms with van der Waals surface area (Å²) in [5, 5.41) is 7.44. The van der Waals surface area contributed by atoms with Gasteiger partial charge in [0, 0.05) is 26.0 Å². The van der Waals surface area contributed by atoms with Gasteiger partial charge in [0.05, 0.1) is 18.8 Å². The predicted molar refractivity (Wildman–Crippen MR) is 97.1 cm³/mol. The van der Waals surface area contributed by atoms with Crippen LogP contribution in [-0.4, -0.2) is 52.4 Å². The van der Waals surface area contributed by atoms with Gasteiger partial charge in [0.2, 0.25) is 0 Å². The molecule has 1 amide bonds. The Kier molecular flexibility index (Phi) is 4.21. The molecule has 0 spiro atoms. The molecule has 1 saturated carbocycles. The fraction of sp³-hybridized carbons (Fsp3) is 0.550. The standard InChI is InChI=1S/C20H24N4O3/c1-26-14-10-16(19-21-18(22-23-19)13-6-7-13)24(11-14)20(25)17-15-5-3-2-4-12(15)8-9-27-17/h2-5,13-14,16-17H,6-11H2,1H3,(H,21,22,23)/t14-,16+,17?/m1/s1. The van der Waals surface area contributed by atoms with E-state index in [4.69, 9.17) is 9.47 Å². The molecule has 0 radical (unpaired) electrons. The van der Waals surface area contributed by atoms with Crippen molar-refractivity contribution in [2.75, 3.05) is 20.3 Å². The largest absolute Gasteiger partial charge is 0.380 e. The molecule has 1 N–H and O–H groups in total. The Bertz CT molecular complexity index is 847. The molecule has 27 heavy (non-hydrogen) atoms. The molecule has 7 heteroatoms. The van der Waals surface area contributed by atoms with Gasteiger partial charge < -0.3 is 14.4 Å². The summed E-state index contributed by atoms with van der Waals surface area (Å²) >= 11 is 0. The second kappa shape index (κ2) is 6.73. The number of amides is 1. The van der Waals surface area contributed by atoms with Gasteiger partial charge in [0.1, 0.15) is 5.82 Å². The number of nitrogens with zero attached hydrogens (tertiary/aromatic N) is 3. The molecule has 1 saturated heterocycles. The molecule has 2 fully saturated rings. The first-order chi connectivity index (χ1) is 13.2. The van der Waals surface area contributed by atoms with Crippen molar-refractivity contribution < 1.29 is 14.3 Å². The molecule has 3 atom stereocenters. The predicted octanol–water partition coefficient (Wildman–Crippen LogP) is 2.28. The zero-order valence-electron chi connectivity index (χ0n) is 15.4. The van der Waals surface area contributed by atoms with E-state index in [1.54, 1.807) is 7.11 Å². The molecule has 2 aliphatic heterocycles. The molecular formula is C20H24N4O3. The normalized spacial score (nSPS) is 27.6. The summed E-state index contributed by atoms with van der Waals surface area (Å²) in [6.45, 7) is 1.11. The van der Waals surface area contributed by atoms with Crippen LogP contribution >= 0.6 is 0 Å². The third kappa shape index (κ3) is 3.04. The van der Waals surface area contributed by atoms with Gasteiger partial charge in [0.15, 0.2) is 11.9 Å². The lowest BCUT2D eigenvalue weighted by atomic mass is 9.96. The Labute approximate surface area is 158 Å². The van der Waals surface area contributed by atoms with Crippen molar-refractivity contribution in [2.45, 2.75) is 49.9 Å². The number of rotatable bonds is 4. The number of carbonyl (C=O) groups is 1. The van der Waals surface area contributed by atoms with Gasteiger partial charge in [-0.2, -0.15) is 5.10 Å². The molecule has 1 aromatic heterocycles. The molecular weight excluding hydrogens is 344 g/mol. The number of likely N-dealkylation sites (tertiary alicyclic amines) is 1. The zero-order chi connectivity index (χ0) is 18.4. The van der Waals surface area contributed by atoms with Gasteiger partial charge in [-0.1, -0.05) is 24.3 Å². The summed E-state index contributed by atoms with van der Waals surface area (Å²) in [6, 6.07) is 7.90. The van der Waals surface area contributed by atoms with E-state index in [9.17, 15) is 4.79 Å². The Morgan fingerprint density at radius 2 is 2.19 bits per heavy atom. The van der Waals surface area contributed by atoms with Crippen molar-refractivity contribution in [2.24, 2.45) is 0 Å². The lowest BCUT2D eigenvalue weighted by Crippen LogP contribution is -2.38. The first-order valence-corrected chi connectivity index (χ1v) is 9.69. The highest BCUT2D eigenvalue weighted by molar-refractivity contribution is 5.83. The van der Waals surface area contributed by atoms with E-state index in [0.29, 0.717) is 19.1 Å². The van der Waals surface area contributed by atoms with Crippen LogP contribution in [0.5, 0.6) is 0 Å². The number of aromatic amines is 1. The fourth-order valence-electron chi connectivity index (χ4n) is 4.18. The maximum atomic E-state index is 13.4. The van der Waals surface area contributed by atoms with Crippen LogP contribution < -0.4 is 0 Å². The number of hydrogen-bond acceptors (Lipinski definition) is 5. The van der Waals surface area contributed by atoms with Crippen molar-refractivity contribution in [3.8, 4) is 0 Å². The molecule has 3 aliphatic rings. The number of hydrogen-bond donors (Lipinski definition) is 1. The SMILES string of the molecule is CO[C@@H]1C[C@@H](c2nc(C3CC3)n[nH]2)N(C(=O)C2OCCc3ccccc32)C1. The Balaban J connectivity index is 1.43. The van der Waals surface area contributed by atoms with Crippen LogP contribution in [0, 0.1) is 0 Å². The lowest BCUT2D eigenvalue weighted by molar-refractivity contribution is -0.146. The number of H-pyrrole nitrogens is 1. The summed E-state index contributed by atoms with van der Waals surface area (Å²) < 4.78 is 11.5. The van der Waals surface area contributed by atoms with Crippen LogP contribution in [0.3, 0.4) is 0 Å². The van der Waals surface area contributed by atoms with Crippen LogP contribution in [0.4, 0.5) is 0 Å². The average molecular weight is 368 g/mol. The van der Waals surface area contributed by atoms with Gasteiger partial charge in [-0.15, -0.1) is 0 Å². The second-order valence-electron chi connectivity index (χ2n) is 7.65. The first-order valence-electron chi connectivity index (χ1n) is 9.69. The van der Waals surface area contributed by atoms with Crippen LogP contribution in [0.2, 0.25) is 0 Å². The Morgan fingerprint density at radius 1 is 1.33 bits per heavy atom. The number of carbonyl (C=O) groups excluding carboxylic acids is 1. The van der Waals surface area contributed by atoms with E-state index in [2.05, 4.69) is 21.2 Å². The van der Waals surface area contributed by atoms with Gasteiger partial charge in [-0.05, 0) is 30.4 Å². The van der Waals surface area contributed by atoms with Gasteiger partial charge in [-0.3, -0.25) is 9.89 Å². The minimum atomic E-state index is -0.557.